The predicted molar refractivity (Wildman–Crippen MR) is 65.2 cm³/mol. The number of nitrogens with zero attached hydrogens (tertiary/aromatic N) is 3. The summed E-state index contributed by atoms with van der Waals surface area (Å²) in [4.78, 5) is 6.87. The average Bonchev–Trinajstić information content (AvgIpc) is 2.68. The molecule has 0 atom stereocenters. The highest BCUT2D eigenvalue weighted by atomic mass is 15.2. The van der Waals surface area contributed by atoms with Crippen LogP contribution in [0.4, 0.5) is 0 Å². The fraction of sp³-hybridized carbons (Fsp3) is 0.750. The highest BCUT2D eigenvalue weighted by Gasteiger charge is 2.18. The van der Waals surface area contributed by atoms with Crippen LogP contribution in [0.1, 0.15) is 25.6 Å². The van der Waals surface area contributed by atoms with Crippen LogP contribution in [0, 0.1) is 0 Å². The first-order chi connectivity index (χ1) is 7.79. The van der Waals surface area contributed by atoms with E-state index in [9.17, 15) is 0 Å². The molecule has 0 bridgehead atoms. The van der Waals surface area contributed by atoms with Crippen molar-refractivity contribution in [3.05, 3.63) is 18.2 Å². The Hall–Kier alpha value is -0.870. The fourth-order valence-corrected chi connectivity index (χ4v) is 2.33. The van der Waals surface area contributed by atoms with Crippen LogP contribution in [-0.2, 0) is 13.6 Å². The summed E-state index contributed by atoms with van der Waals surface area (Å²) in [6, 6.07) is 0.725. The van der Waals surface area contributed by atoms with Crippen LogP contribution >= 0.6 is 0 Å². The number of hydrogen-bond donors (Lipinski definition) is 1. The molecule has 0 amide bonds. The monoisotopic (exact) mass is 222 g/mol. The zero-order valence-corrected chi connectivity index (χ0v) is 10.3. The number of aryl methyl sites for hydroxylation is 1. The standard InChI is InChI=1S/C12H22N4/c1-3-13-11-4-7-16(8-5-11)10-12-14-6-9-15(12)2/h6,9,11,13H,3-5,7-8,10H2,1-2H3. The van der Waals surface area contributed by atoms with E-state index in [1.54, 1.807) is 0 Å². The molecule has 0 aromatic carbocycles. The number of aromatic nitrogens is 2. The SMILES string of the molecule is CCNC1CCN(Cc2nccn2C)CC1. The van der Waals surface area contributed by atoms with Gasteiger partial charge in [-0.1, -0.05) is 6.92 Å². The number of piperidine rings is 1. The lowest BCUT2D eigenvalue weighted by Gasteiger charge is -2.31. The Bertz CT molecular complexity index is 313. The molecule has 0 spiro atoms. The van der Waals surface area contributed by atoms with Crippen LogP contribution in [0.2, 0.25) is 0 Å². The molecule has 1 fully saturated rings. The zero-order chi connectivity index (χ0) is 11.4. The molecule has 0 aliphatic carbocycles. The van der Waals surface area contributed by atoms with E-state index in [1.165, 1.54) is 31.8 Å². The molecule has 0 unspecified atom stereocenters. The van der Waals surface area contributed by atoms with E-state index in [0.717, 1.165) is 19.1 Å². The van der Waals surface area contributed by atoms with Gasteiger partial charge in [-0.2, -0.15) is 0 Å². The average molecular weight is 222 g/mol. The molecule has 0 saturated carbocycles. The lowest BCUT2D eigenvalue weighted by Crippen LogP contribution is -2.42. The third-order valence-electron chi connectivity index (χ3n) is 3.37. The summed E-state index contributed by atoms with van der Waals surface area (Å²) in [5.74, 6) is 1.17. The van der Waals surface area contributed by atoms with Crippen LogP contribution in [0.3, 0.4) is 0 Å². The minimum absolute atomic E-state index is 0.725. The Balaban J connectivity index is 1.79. The highest BCUT2D eigenvalue weighted by molar-refractivity contribution is 4.92. The van der Waals surface area contributed by atoms with Gasteiger partial charge in [-0.3, -0.25) is 4.90 Å². The molecule has 1 saturated heterocycles. The minimum atomic E-state index is 0.725. The van der Waals surface area contributed by atoms with E-state index in [0.29, 0.717) is 0 Å². The van der Waals surface area contributed by atoms with Gasteiger partial charge in [0.25, 0.3) is 0 Å². The molecule has 2 heterocycles. The third kappa shape index (κ3) is 2.83. The molecule has 1 aliphatic heterocycles. The molecular formula is C12H22N4. The summed E-state index contributed by atoms with van der Waals surface area (Å²) in [6.07, 6.45) is 6.41. The molecule has 1 aliphatic rings. The fourth-order valence-electron chi connectivity index (χ4n) is 2.33. The maximum Gasteiger partial charge on any atom is 0.122 e. The van der Waals surface area contributed by atoms with E-state index in [4.69, 9.17) is 0 Å². The van der Waals surface area contributed by atoms with Gasteiger partial charge in [0.2, 0.25) is 0 Å². The Morgan fingerprint density at radius 3 is 2.75 bits per heavy atom. The van der Waals surface area contributed by atoms with Crippen LogP contribution < -0.4 is 5.32 Å². The minimum Gasteiger partial charge on any atom is -0.337 e. The maximum atomic E-state index is 4.37. The first-order valence-electron chi connectivity index (χ1n) is 6.21. The van der Waals surface area contributed by atoms with Crippen molar-refractivity contribution >= 4 is 0 Å². The molecule has 2 rings (SSSR count). The molecule has 4 heteroatoms. The Kier molecular flexibility index (Phi) is 3.96. The molecule has 1 aromatic rings. The molecule has 1 N–H and O–H groups in total. The summed E-state index contributed by atoms with van der Waals surface area (Å²) in [5, 5.41) is 3.53. The topological polar surface area (TPSA) is 33.1 Å². The Morgan fingerprint density at radius 2 is 2.19 bits per heavy atom. The van der Waals surface area contributed by atoms with Gasteiger partial charge in [0.1, 0.15) is 5.82 Å². The normalized spacial score (nSPS) is 19.1. The number of nitrogens with one attached hydrogen (secondary N) is 1. The Labute approximate surface area is 97.7 Å². The molecular weight excluding hydrogens is 200 g/mol. The molecule has 90 valence electrons. The molecule has 1 aromatic heterocycles. The van der Waals surface area contributed by atoms with Crippen molar-refractivity contribution < 1.29 is 0 Å². The molecule has 4 nitrogen and oxygen atoms in total. The number of rotatable bonds is 4. The van der Waals surface area contributed by atoms with Gasteiger partial charge in [-0.15, -0.1) is 0 Å². The van der Waals surface area contributed by atoms with Gasteiger partial charge >= 0.3 is 0 Å². The second-order valence-corrected chi connectivity index (χ2v) is 4.56. The van der Waals surface area contributed by atoms with E-state index < -0.39 is 0 Å². The van der Waals surface area contributed by atoms with E-state index in [1.807, 2.05) is 12.4 Å². The van der Waals surface area contributed by atoms with Gasteiger partial charge in [-0.05, 0) is 19.4 Å². The van der Waals surface area contributed by atoms with Gasteiger partial charge in [0.05, 0.1) is 6.54 Å². The van der Waals surface area contributed by atoms with Gasteiger partial charge in [-0.25, -0.2) is 4.98 Å². The second-order valence-electron chi connectivity index (χ2n) is 4.56. The summed E-state index contributed by atoms with van der Waals surface area (Å²) in [5.41, 5.74) is 0. The first kappa shape index (κ1) is 11.6. The van der Waals surface area contributed by atoms with E-state index in [-0.39, 0.29) is 0 Å². The Morgan fingerprint density at radius 1 is 1.44 bits per heavy atom. The summed E-state index contributed by atoms with van der Waals surface area (Å²) < 4.78 is 2.11. The largest absolute Gasteiger partial charge is 0.337 e. The lowest BCUT2D eigenvalue weighted by atomic mass is 10.1. The lowest BCUT2D eigenvalue weighted by molar-refractivity contribution is 0.186. The van der Waals surface area contributed by atoms with Crippen molar-refractivity contribution in [2.75, 3.05) is 19.6 Å². The van der Waals surface area contributed by atoms with Gasteiger partial charge in [0, 0.05) is 38.6 Å². The van der Waals surface area contributed by atoms with E-state index in [2.05, 4.69) is 33.7 Å². The van der Waals surface area contributed by atoms with E-state index >= 15 is 0 Å². The first-order valence-corrected chi connectivity index (χ1v) is 6.21. The van der Waals surface area contributed by atoms with Crippen molar-refractivity contribution in [3.63, 3.8) is 0 Å². The summed E-state index contributed by atoms with van der Waals surface area (Å²) >= 11 is 0. The number of imidazole rings is 1. The highest BCUT2D eigenvalue weighted by Crippen LogP contribution is 2.12. The predicted octanol–water partition coefficient (Wildman–Crippen LogP) is 0.994. The summed E-state index contributed by atoms with van der Waals surface area (Å²) in [6.45, 7) is 6.63. The maximum absolute atomic E-state index is 4.37. The molecule has 0 radical (unpaired) electrons. The van der Waals surface area contributed by atoms with Crippen LogP contribution in [0.15, 0.2) is 12.4 Å². The number of hydrogen-bond acceptors (Lipinski definition) is 3. The van der Waals surface area contributed by atoms with Gasteiger partial charge in [0.15, 0.2) is 0 Å². The molecule has 16 heavy (non-hydrogen) atoms. The van der Waals surface area contributed by atoms with Gasteiger partial charge < -0.3 is 9.88 Å². The second kappa shape index (κ2) is 5.46. The zero-order valence-electron chi connectivity index (χ0n) is 10.3. The van der Waals surface area contributed by atoms with Crippen molar-refractivity contribution in [1.82, 2.24) is 19.8 Å². The smallest absolute Gasteiger partial charge is 0.122 e. The van der Waals surface area contributed by atoms with Crippen molar-refractivity contribution in [2.45, 2.75) is 32.4 Å². The third-order valence-corrected chi connectivity index (χ3v) is 3.37. The van der Waals surface area contributed by atoms with Crippen molar-refractivity contribution in [1.29, 1.82) is 0 Å². The van der Waals surface area contributed by atoms with Crippen LogP contribution in [0.5, 0.6) is 0 Å². The van der Waals surface area contributed by atoms with Crippen molar-refractivity contribution in [3.8, 4) is 0 Å². The van der Waals surface area contributed by atoms with Crippen LogP contribution in [0.25, 0.3) is 0 Å². The van der Waals surface area contributed by atoms with Crippen LogP contribution in [-0.4, -0.2) is 40.1 Å². The summed E-state index contributed by atoms with van der Waals surface area (Å²) in [7, 11) is 2.06. The quantitative estimate of drug-likeness (QED) is 0.825. The number of likely N-dealkylation sites (tertiary alicyclic amines) is 1. The van der Waals surface area contributed by atoms with Crippen molar-refractivity contribution in [2.24, 2.45) is 7.05 Å².